The Balaban J connectivity index is 1.47. The van der Waals surface area contributed by atoms with E-state index in [2.05, 4.69) is 0 Å². The predicted octanol–water partition coefficient (Wildman–Crippen LogP) is 5.01. The smallest absolute Gasteiger partial charge is 0.338 e. The number of barbiturate groups is 1. The van der Waals surface area contributed by atoms with Crippen LogP contribution in [0.2, 0.25) is 0 Å². The van der Waals surface area contributed by atoms with Gasteiger partial charge in [0.05, 0.1) is 18.2 Å². The maximum atomic E-state index is 13.5. The third-order valence-electron chi connectivity index (χ3n) is 6.68. The van der Waals surface area contributed by atoms with Crippen molar-refractivity contribution in [3.63, 3.8) is 0 Å². The highest BCUT2D eigenvalue weighted by atomic mass is 16.6. The first-order valence-electron chi connectivity index (χ1n) is 13.1. The Kier molecular flexibility index (Phi) is 9.10. The van der Waals surface area contributed by atoms with Gasteiger partial charge in [0, 0.05) is 0 Å². The van der Waals surface area contributed by atoms with Gasteiger partial charge in [-0.15, -0.1) is 0 Å². The number of hydrogen-bond donors (Lipinski definition) is 0. The second-order valence-electron chi connectivity index (χ2n) is 9.43. The molecular weight excluding hydrogens is 496 g/mol. The lowest BCUT2D eigenvalue weighted by Gasteiger charge is -2.37. The van der Waals surface area contributed by atoms with Crippen molar-refractivity contribution in [2.75, 3.05) is 18.1 Å². The molecule has 1 fully saturated rings. The van der Waals surface area contributed by atoms with Gasteiger partial charge in [0.25, 0.3) is 0 Å². The van der Waals surface area contributed by atoms with E-state index in [0.29, 0.717) is 17.9 Å². The average molecular weight is 529 g/mol. The van der Waals surface area contributed by atoms with Gasteiger partial charge in [-0.3, -0.25) is 19.3 Å². The predicted molar refractivity (Wildman–Crippen MR) is 146 cm³/mol. The van der Waals surface area contributed by atoms with Gasteiger partial charge < -0.3 is 9.47 Å². The van der Waals surface area contributed by atoms with Crippen LogP contribution in [0.15, 0.2) is 84.9 Å². The highest BCUT2D eigenvalue weighted by Crippen LogP contribution is 2.28. The summed E-state index contributed by atoms with van der Waals surface area (Å²) in [4.78, 5) is 54.4. The minimum absolute atomic E-state index is 0.0695. The largest absolute Gasteiger partial charge is 0.490 e. The Morgan fingerprint density at radius 2 is 1.46 bits per heavy atom. The fourth-order valence-corrected chi connectivity index (χ4v) is 4.23. The molecule has 8 heteroatoms. The quantitative estimate of drug-likeness (QED) is 0.197. The Hall–Kier alpha value is -4.46. The summed E-state index contributed by atoms with van der Waals surface area (Å²) in [6.07, 6.45) is 0.848. The maximum Gasteiger partial charge on any atom is 0.338 e. The van der Waals surface area contributed by atoms with E-state index >= 15 is 0 Å². The minimum atomic E-state index is -1.06. The van der Waals surface area contributed by atoms with Crippen LogP contribution in [0.1, 0.15) is 31.4 Å². The number of nitrogens with zero attached hydrogens (tertiary/aromatic N) is 2. The van der Waals surface area contributed by atoms with Crippen LogP contribution in [0, 0.1) is 11.8 Å². The first-order valence-corrected chi connectivity index (χ1v) is 13.1. The number of imide groups is 2. The fraction of sp³-hybridized carbons (Fsp3) is 0.290. The second-order valence-corrected chi connectivity index (χ2v) is 9.43. The molecule has 0 saturated carbocycles. The van der Waals surface area contributed by atoms with E-state index in [0.717, 1.165) is 20.9 Å². The summed E-state index contributed by atoms with van der Waals surface area (Å²) in [5.74, 6) is -1.95. The van der Waals surface area contributed by atoms with Crippen LogP contribution in [0.25, 0.3) is 0 Å². The number of carbonyl (C=O) groups excluding carboxylic acids is 4. The Bertz CT molecular complexity index is 1290. The van der Waals surface area contributed by atoms with Crippen molar-refractivity contribution >= 4 is 29.5 Å². The van der Waals surface area contributed by atoms with Crippen molar-refractivity contribution < 1.29 is 28.7 Å². The van der Waals surface area contributed by atoms with Gasteiger partial charge in [-0.25, -0.2) is 9.69 Å². The van der Waals surface area contributed by atoms with Gasteiger partial charge >= 0.3 is 12.0 Å². The molecule has 202 valence electrons. The summed E-state index contributed by atoms with van der Waals surface area (Å²) < 4.78 is 10.9. The summed E-state index contributed by atoms with van der Waals surface area (Å²) in [7, 11) is 0. The fourth-order valence-electron chi connectivity index (χ4n) is 4.23. The van der Waals surface area contributed by atoms with Crippen LogP contribution in [-0.4, -0.2) is 41.9 Å². The van der Waals surface area contributed by atoms with E-state index in [1.165, 1.54) is 0 Å². The number of hydrogen-bond acceptors (Lipinski definition) is 6. The SMILES string of the molecule is CCC(C)C(=O)OCCOc1ccc(CC2C(=O)N(Cc3ccccc3)C(=O)N(c3ccccc3)C2=O)cc1. The van der Waals surface area contributed by atoms with Gasteiger partial charge in [0.2, 0.25) is 11.8 Å². The Morgan fingerprint density at radius 1 is 0.821 bits per heavy atom. The third kappa shape index (κ3) is 6.71. The van der Waals surface area contributed by atoms with Crippen molar-refractivity contribution in [3.05, 3.63) is 96.1 Å². The topological polar surface area (TPSA) is 93.2 Å². The van der Waals surface area contributed by atoms with E-state index < -0.39 is 23.8 Å². The third-order valence-corrected chi connectivity index (χ3v) is 6.68. The number of carbonyl (C=O) groups is 4. The molecule has 1 aliphatic rings. The van der Waals surface area contributed by atoms with Gasteiger partial charge in [0.15, 0.2) is 0 Å². The van der Waals surface area contributed by atoms with Crippen molar-refractivity contribution in [1.29, 1.82) is 0 Å². The standard InChI is InChI=1S/C31H32N2O6/c1-3-22(2)30(36)39-19-18-38-26-16-14-23(15-17-26)20-27-28(34)32(21-24-10-6-4-7-11-24)31(37)33(29(27)35)25-12-8-5-9-13-25/h4-17,22,27H,3,18-21H2,1-2H3. The molecule has 1 saturated heterocycles. The molecule has 0 aromatic heterocycles. The zero-order valence-electron chi connectivity index (χ0n) is 22.1. The molecule has 8 nitrogen and oxygen atoms in total. The number of amides is 4. The molecule has 1 aliphatic heterocycles. The number of benzene rings is 3. The lowest BCUT2D eigenvalue weighted by atomic mass is 9.94. The van der Waals surface area contributed by atoms with Gasteiger partial charge in [-0.1, -0.05) is 74.5 Å². The number of esters is 1. The van der Waals surface area contributed by atoms with Crippen LogP contribution in [-0.2, 0) is 32.1 Å². The van der Waals surface area contributed by atoms with E-state index in [1.807, 2.05) is 44.2 Å². The normalized spacial score (nSPS) is 16.3. The summed E-state index contributed by atoms with van der Waals surface area (Å²) >= 11 is 0. The average Bonchev–Trinajstić information content (AvgIpc) is 2.97. The number of rotatable bonds is 11. The molecule has 39 heavy (non-hydrogen) atoms. The highest BCUT2D eigenvalue weighted by molar-refractivity contribution is 6.27. The molecule has 2 atom stereocenters. The molecule has 0 aliphatic carbocycles. The molecular formula is C31H32N2O6. The zero-order valence-corrected chi connectivity index (χ0v) is 22.1. The molecule has 2 unspecified atom stereocenters. The number of urea groups is 1. The van der Waals surface area contributed by atoms with E-state index in [4.69, 9.17) is 9.47 Å². The van der Waals surface area contributed by atoms with Crippen molar-refractivity contribution in [1.82, 2.24) is 4.90 Å². The van der Waals surface area contributed by atoms with Crippen LogP contribution < -0.4 is 9.64 Å². The van der Waals surface area contributed by atoms with Crippen molar-refractivity contribution in [2.24, 2.45) is 11.8 Å². The molecule has 0 spiro atoms. The van der Waals surface area contributed by atoms with Crippen LogP contribution in [0.4, 0.5) is 10.5 Å². The monoisotopic (exact) mass is 528 g/mol. The van der Waals surface area contributed by atoms with E-state index in [1.54, 1.807) is 54.6 Å². The zero-order chi connectivity index (χ0) is 27.8. The summed E-state index contributed by atoms with van der Waals surface area (Å²) in [5, 5.41) is 0. The minimum Gasteiger partial charge on any atom is -0.490 e. The molecule has 3 aromatic rings. The molecule has 0 bridgehead atoms. The lowest BCUT2D eigenvalue weighted by molar-refractivity contribution is -0.148. The molecule has 0 radical (unpaired) electrons. The van der Waals surface area contributed by atoms with Gasteiger partial charge in [-0.05, 0) is 48.2 Å². The summed E-state index contributed by atoms with van der Waals surface area (Å²) in [5.41, 5.74) is 1.96. The van der Waals surface area contributed by atoms with Crippen LogP contribution in [0.3, 0.4) is 0 Å². The number of para-hydroxylation sites is 1. The van der Waals surface area contributed by atoms with Crippen LogP contribution >= 0.6 is 0 Å². The van der Waals surface area contributed by atoms with Gasteiger partial charge in [0.1, 0.15) is 24.9 Å². The van der Waals surface area contributed by atoms with E-state index in [9.17, 15) is 19.2 Å². The molecule has 4 amide bonds. The number of ether oxygens (including phenoxy) is 2. The molecule has 1 heterocycles. The lowest BCUT2D eigenvalue weighted by Crippen LogP contribution is -2.60. The Morgan fingerprint density at radius 3 is 2.10 bits per heavy atom. The summed E-state index contributed by atoms with van der Waals surface area (Å²) in [6.45, 7) is 4.18. The maximum absolute atomic E-state index is 13.5. The van der Waals surface area contributed by atoms with Crippen LogP contribution in [0.5, 0.6) is 5.75 Å². The number of anilines is 1. The highest BCUT2D eigenvalue weighted by Gasteiger charge is 2.46. The molecule has 4 rings (SSSR count). The van der Waals surface area contributed by atoms with Gasteiger partial charge in [-0.2, -0.15) is 0 Å². The molecule has 0 N–H and O–H groups in total. The summed E-state index contributed by atoms with van der Waals surface area (Å²) in [6, 6.07) is 24.2. The second kappa shape index (κ2) is 12.9. The van der Waals surface area contributed by atoms with Crippen molar-refractivity contribution in [3.8, 4) is 5.75 Å². The van der Waals surface area contributed by atoms with E-state index in [-0.39, 0.29) is 38.1 Å². The van der Waals surface area contributed by atoms with Crippen molar-refractivity contribution in [2.45, 2.75) is 33.2 Å². The first-order chi connectivity index (χ1) is 18.9. The Labute approximate surface area is 228 Å². The molecule has 3 aromatic carbocycles. The first kappa shape index (κ1) is 27.6.